The first-order valence-corrected chi connectivity index (χ1v) is 5.91. The van der Waals surface area contributed by atoms with E-state index in [1.807, 2.05) is 0 Å². The fraction of sp³-hybridized carbons (Fsp3) is 0.0769. The molecule has 0 atom stereocenters. The molecule has 0 fully saturated rings. The number of carbonyl (C=O) groups excluding carboxylic acids is 1. The lowest BCUT2D eigenvalue weighted by Gasteiger charge is -2.04. The van der Waals surface area contributed by atoms with E-state index in [2.05, 4.69) is 4.98 Å². The molecule has 18 heavy (non-hydrogen) atoms. The number of ketones is 1. The van der Waals surface area contributed by atoms with Gasteiger partial charge in [0.05, 0.1) is 0 Å². The summed E-state index contributed by atoms with van der Waals surface area (Å²) in [6.07, 6.45) is 0.0620. The van der Waals surface area contributed by atoms with Crippen LogP contribution in [0.15, 0.2) is 36.4 Å². The second-order valence-electron chi connectivity index (χ2n) is 3.69. The zero-order chi connectivity index (χ0) is 13.1. The highest BCUT2D eigenvalue weighted by Gasteiger charge is 2.11. The van der Waals surface area contributed by atoms with E-state index in [-0.39, 0.29) is 22.5 Å². The maximum atomic E-state index is 13.0. The van der Waals surface area contributed by atoms with Crippen molar-refractivity contribution < 1.29 is 9.18 Å². The molecule has 1 aromatic heterocycles. The van der Waals surface area contributed by atoms with Crippen molar-refractivity contribution in [3.8, 4) is 0 Å². The van der Waals surface area contributed by atoms with Crippen LogP contribution in [0.3, 0.4) is 0 Å². The van der Waals surface area contributed by atoms with E-state index in [4.69, 9.17) is 23.2 Å². The monoisotopic (exact) mass is 283 g/mol. The number of rotatable bonds is 3. The average Bonchev–Trinajstić information content (AvgIpc) is 2.32. The van der Waals surface area contributed by atoms with E-state index in [0.29, 0.717) is 11.1 Å². The third-order valence-corrected chi connectivity index (χ3v) is 2.93. The van der Waals surface area contributed by atoms with Gasteiger partial charge in [0.15, 0.2) is 5.78 Å². The van der Waals surface area contributed by atoms with E-state index in [0.717, 1.165) is 0 Å². The first kappa shape index (κ1) is 13.0. The summed E-state index contributed by atoms with van der Waals surface area (Å²) in [6, 6.07) is 8.72. The number of nitrogens with zero attached hydrogens (tertiary/aromatic N) is 1. The molecule has 1 heterocycles. The third kappa shape index (κ3) is 3.06. The average molecular weight is 284 g/mol. The van der Waals surface area contributed by atoms with Crippen LogP contribution in [0.4, 0.5) is 4.39 Å². The van der Waals surface area contributed by atoms with Gasteiger partial charge in [-0.25, -0.2) is 9.37 Å². The van der Waals surface area contributed by atoms with Crippen molar-refractivity contribution >= 4 is 29.0 Å². The van der Waals surface area contributed by atoms with Crippen LogP contribution in [-0.4, -0.2) is 10.8 Å². The minimum Gasteiger partial charge on any atom is -0.294 e. The molecule has 0 saturated heterocycles. The largest absolute Gasteiger partial charge is 0.294 e. The summed E-state index contributed by atoms with van der Waals surface area (Å²) in [7, 11) is 0. The van der Waals surface area contributed by atoms with Crippen LogP contribution in [0, 0.1) is 5.82 Å². The van der Waals surface area contributed by atoms with Crippen molar-refractivity contribution in [1.29, 1.82) is 0 Å². The van der Waals surface area contributed by atoms with E-state index in [1.165, 1.54) is 18.2 Å². The number of halogens is 3. The summed E-state index contributed by atoms with van der Waals surface area (Å²) >= 11 is 11.5. The Kier molecular flexibility index (Phi) is 3.94. The summed E-state index contributed by atoms with van der Waals surface area (Å²) in [5.41, 5.74) is 0.872. The molecule has 2 aromatic rings. The zero-order valence-electron chi connectivity index (χ0n) is 9.16. The molecule has 0 N–H and O–H groups in total. The van der Waals surface area contributed by atoms with Crippen LogP contribution >= 0.6 is 23.2 Å². The van der Waals surface area contributed by atoms with Crippen molar-refractivity contribution in [2.75, 3.05) is 0 Å². The standard InChI is InChI=1S/C13H8Cl2FNO/c14-12-5-4-9(13(15)17-12)7-11(18)8-2-1-3-10(16)6-8/h1-6H,7H2. The SMILES string of the molecule is O=C(Cc1ccc(Cl)nc1Cl)c1cccc(F)c1. The van der Waals surface area contributed by atoms with Gasteiger partial charge in [0.25, 0.3) is 0 Å². The predicted molar refractivity (Wildman–Crippen MR) is 68.7 cm³/mol. The van der Waals surface area contributed by atoms with E-state index in [9.17, 15) is 9.18 Å². The van der Waals surface area contributed by atoms with E-state index < -0.39 is 5.82 Å². The quantitative estimate of drug-likeness (QED) is 0.631. The maximum Gasteiger partial charge on any atom is 0.167 e. The molecular weight excluding hydrogens is 276 g/mol. The number of aromatic nitrogens is 1. The number of pyridine rings is 1. The molecule has 0 amide bonds. The number of benzene rings is 1. The lowest BCUT2D eigenvalue weighted by molar-refractivity contribution is 0.0992. The van der Waals surface area contributed by atoms with Gasteiger partial charge in [-0.3, -0.25) is 4.79 Å². The Hall–Kier alpha value is -1.45. The topological polar surface area (TPSA) is 30.0 Å². The molecule has 0 unspecified atom stereocenters. The first-order chi connectivity index (χ1) is 8.56. The van der Waals surface area contributed by atoms with Gasteiger partial charge in [0, 0.05) is 12.0 Å². The Morgan fingerprint density at radius 3 is 2.67 bits per heavy atom. The van der Waals surface area contributed by atoms with Crippen LogP contribution in [0.2, 0.25) is 10.3 Å². The molecule has 0 aliphatic heterocycles. The number of Topliss-reactive ketones (excluding diaryl/α,β-unsaturated/α-hetero) is 1. The normalized spacial score (nSPS) is 10.4. The van der Waals surface area contributed by atoms with Gasteiger partial charge in [-0.2, -0.15) is 0 Å². The minimum absolute atomic E-state index is 0.0620. The minimum atomic E-state index is -0.443. The molecule has 2 rings (SSSR count). The van der Waals surface area contributed by atoms with Crippen molar-refractivity contribution in [3.05, 3.63) is 63.6 Å². The van der Waals surface area contributed by atoms with Gasteiger partial charge in [-0.05, 0) is 23.8 Å². The second kappa shape index (κ2) is 5.46. The Bertz CT molecular complexity index is 601. The summed E-state index contributed by atoms with van der Waals surface area (Å²) in [6.45, 7) is 0. The molecule has 0 aliphatic rings. The molecule has 92 valence electrons. The zero-order valence-corrected chi connectivity index (χ0v) is 10.7. The molecule has 0 bridgehead atoms. The van der Waals surface area contributed by atoms with Crippen LogP contribution in [-0.2, 0) is 6.42 Å². The number of hydrogen-bond acceptors (Lipinski definition) is 2. The van der Waals surface area contributed by atoms with Crippen LogP contribution in [0.1, 0.15) is 15.9 Å². The van der Waals surface area contributed by atoms with Gasteiger partial charge in [0.1, 0.15) is 16.1 Å². The van der Waals surface area contributed by atoms with Crippen molar-refractivity contribution in [2.24, 2.45) is 0 Å². The summed E-state index contributed by atoms with van der Waals surface area (Å²) in [5.74, 6) is -0.665. The fourth-order valence-electron chi connectivity index (χ4n) is 1.51. The molecule has 2 nitrogen and oxygen atoms in total. The molecule has 5 heteroatoms. The molecule has 0 radical (unpaired) electrons. The van der Waals surface area contributed by atoms with Gasteiger partial charge < -0.3 is 0 Å². The molecular formula is C13H8Cl2FNO. The van der Waals surface area contributed by atoms with Crippen LogP contribution < -0.4 is 0 Å². The highest BCUT2D eigenvalue weighted by atomic mass is 35.5. The van der Waals surface area contributed by atoms with E-state index >= 15 is 0 Å². The predicted octanol–water partition coefficient (Wildman–Crippen LogP) is 3.95. The lowest BCUT2D eigenvalue weighted by Crippen LogP contribution is -2.05. The van der Waals surface area contributed by atoms with Crippen molar-refractivity contribution in [3.63, 3.8) is 0 Å². The smallest absolute Gasteiger partial charge is 0.167 e. The lowest BCUT2D eigenvalue weighted by atomic mass is 10.0. The maximum absolute atomic E-state index is 13.0. The Morgan fingerprint density at radius 2 is 2.00 bits per heavy atom. The highest BCUT2D eigenvalue weighted by Crippen LogP contribution is 2.18. The molecule has 0 saturated carbocycles. The molecule has 0 spiro atoms. The van der Waals surface area contributed by atoms with Crippen LogP contribution in [0.5, 0.6) is 0 Å². The Morgan fingerprint density at radius 1 is 1.22 bits per heavy atom. The van der Waals surface area contributed by atoms with Crippen molar-refractivity contribution in [1.82, 2.24) is 4.98 Å². The first-order valence-electron chi connectivity index (χ1n) is 5.16. The van der Waals surface area contributed by atoms with Crippen molar-refractivity contribution in [2.45, 2.75) is 6.42 Å². The number of hydrogen-bond donors (Lipinski definition) is 0. The summed E-state index contributed by atoms with van der Waals surface area (Å²) in [4.78, 5) is 15.8. The fourth-order valence-corrected chi connectivity index (χ4v) is 1.92. The molecule has 1 aromatic carbocycles. The summed E-state index contributed by atoms with van der Waals surface area (Å²) in [5, 5.41) is 0.453. The molecule has 0 aliphatic carbocycles. The Labute approximate surface area is 113 Å². The second-order valence-corrected chi connectivity index (χ2v) is 4.44. The van der Waals surface area contributed by atoms with Crippen LogP contribution in [0.25, 0.3) is 0 Å². The highest BCUT2D eigenvalue weighted by molar-refractivity contribution is 6.33. The van der Waals surface area contributed by atoms with E-state index in [1.54, 1.807) is 18.2 Å². The van der Waals surface area contributed by atoms with Gasteiger partial charge in [-0.1, -0.05) is 41.4 Å². The summed E-state index contributed by atoms with van der Waals surface area (Å²) < 4.78 is 13.0. The van der Waals surface area contributed by atoms with Gasteiger partial charge in [-0.15, -0.1) is 0 Å². The number of carbonyl (C=O) groups is 1. The van der Waals surface area contributed by atoms with Gasteiger partial charge >= 0.3 is 0 Å². The third-order valence-electron chi connectivity index (χ3n) is 2.39. The Balaban J connectivity index is 2.21. The van der Waals surface area contributed by atoms with Gasteiger partial charge in [0.2, 0.25) is 0 Å².